The first-order chi connectivity index (χ1) is 12.8. The van der Waals surface area contributed by atoms with Crippen molar-refractivity contribution in [2.45, 2.75) is 57.9 Å². The standard InChI is InChI=1S/C22H30N2O3/c1-14-11-18-20(12-15(14)2)27-10-7-22(18)13-19(22)21(26)24-8-5-17(6-9-24)23(4)16(3)25/h11-12,17,19H,5-10,13H2,1-4H3/t19-,22-/m0/s1. The maximum Gasteiger partial charge on any atom is 0.226 e. The van der Waals surface area contributed by atoms with E-state index in [1.165, 1.54) is 16.7 Å². The number of carbonyl (C=O) groups is 2. The maximum atomic E-state index is 13.2. The molecule has 5 nitrogen and oxygen atoms in total. The molecule has 4 rings (SSSR count). The zero-order valence-corrected chi connectivity index (χ0v) is 16.9. The van der Waals surface area contributed by atoms with Gasteiger partial charge in [-0.15, -0.1) is 0 Å². The van der Waals surface area contributed by atoms with Crippen molar-refractivity contribution in [3.05, 3.63) is 28.8 Å². The van der Waals surface area contributed by atoms with Crippen molar-refractivity contribution in [1.82, 2.24) is 9.80 Å². The second-order valence-corrected chi connectivity index (χ2v) is 8.63. The van der Waals surface area contributed by atoms with E-state index in [-0.39, 0.29) is 23.3 Å². The monoisotopic (exact) mass is 370 g/mol. The second kappa shape index (κ2) is 6.54. The van der Waals surface area contributed by atoms with E-state index in [2.05, 4.69) is 26.0 Å². The molecule has 0 unspecified atom stereocenters. The number of amides is 2. The van der Waals surface area contributed by atoms with Gasteiger partial charge in [-0.05, 0) is 56.7 Å². The molecule has 1 aromatic rings. The molecule has 1 aliphatic carbocycles. The highest BCUT2D eigenvalue weighted by molar-refractivity contribution is 5.85. The Labute approximate surface area is 161 Å². The fraction of sp³-hybridized carbons (Fsp3) is 0.636. The molecule has 0 N–H and O–H groups in total. The van der Waals surface area contributed by atoms with E-state index in [1.807, 2.05) is 16.8 Å². The van der Waals surface area contributed by atoms with E-state index in [4.69, 9.17) is 4.74 Å². The number of rotatable bonds is 2. The second-order valence-electron chi connectivity index (χ2n) is 8.63. The van der Waals surface area contributed by atoms with Crippen LogP contribution in [0.3, 0.4) is 0 Å². The van der Waals surface area contributed by atoms with Crippen LogP contribution in [0.1, 0.15) is 49.3 Å². The first kappa shape index (κ1) is 18.3. The molecule has 146 valence electrons. The Kier molecular flexibility index (Phi) is 4.44. The number of carbonyl (C=O) groups excluding carboxylic acids is 2. The van der Waals surface area contributed by atoms with Crippen LogP contribution >= 0.6 is 0 Å². The lowest BCUT2D eigenvalue weighted by Gasteiger charge is -2.37. The van der Waals surface area contributed by atoms with E-state index < -0.39 is 0 Å². The first-order valence-electron chi connectivity index (χ1n) is 10.1. The Morgan fingerprint density at radius 2 is 1.85 bits per heavy atom. The van der Waals surface area contributed by atoms with Gasteiger partial charge < -0.3 is 14.5 Å². The average Bonchev–Trinajstić information content (AvgIpc) is 3.37. The van der Waals surface area contributed by atoms with E-state index in [1.54, 1.807) is 6.92 Å². The van der Waals surface area contributed by atoms with Crippen molar-refractivity contribution in [3.8, 4) is 5.75 Å². The van der Waals surface area contributed by atoms with Crippen LogP contribution < -0.4 is 4.74 Å². The third-order valence-electron chi connectivity index (χ3n) is 7.13. The van der Waals surface area contributed by atoms with Crippen LogP contribution in [-0.2, 0) is 15.0 Å². The molecule has 3 aliphatic rings. The number of aryl methyl sites for hydroxylation is 2. The van der Waals surface area contributed by atoms with Crippen molar-refractivity contribution in [2.24, 2.45) is 5.92 Å². The zero-order chi connectivity index (χ0) is 19.3. The quantitative estimate of drug-likeness (QED) is 0.804. The number of nitrogens with zero attached hydrogens (tertiary/aromatic N) is 2. The van der Waals surface area contributed by atoms with E-state index in [9.17, 15) is 9.59 Å². The molecule has 0 aromatic heterocycles. The fourth-order valence-electron chi connectivity index (χ4n) is 4.93. The van der Waals surface area contributed by atoms with Crippen LogP contribution in [0.5, 0.6) is 5.75 Å². The van der Waals surface area contributed by atoms with Crippen LogP contribution in [0.15, 0.2) is 12.1 Å². The summed E-state index contributed by atoms with van der Waals surface area (Å²) in [5, 5.41) is 0. The lowest BCUT2D eigenvalue weighted by molar-refractivity contribution is -0.136. The number of piperidine rings is 1. The summed E-state index contributed by atoms with van der Waals surface area (Å²) in [4.78, 5) is 28.6. The fourth-order valence-corrected chi connectivity index (χ4v) is 4.93. The summed E-state index contributed by atoms with van der Waals surface area (Å²) in [6.45, 7) is 8.06. The molecule has 1 spiro atoms. The molecular weight excluding hydrogens is 340 g/mol. The number of benzene rings is 1. The van der Waals surface area contributed by atoms with Crippen LogP contribution in [0, 0.1) is 19.8 Å². The highest BCUT2D eigenvalue weighted by Gasteiger charge is 2.62. The summed E-state index contributed by atoms with van der Waals surface area (Å²) in [6.07, 6.45) is 3.62. The molecule has 1 saturated heterocycles. The van der Waals surface area contributed by atoms with Crippen LogP contribution in [-0.4, -0.2) is 54.4 Å². The molecule has 2 heterocycles. The van der Waals surface area contributed by atoms with Gasteiger partial charge in [-0.1, -0.05) is 6.07 Å². The van der Waals surface area contributed by atoms with Gasteiger partial charge in [0, 0.05) is 50.0 Å². The summed E-state index contributed by atoms with van der Waals surface area (Å²) >= 11 is 0. The minimum absolute atomic E-state index is 0.0177. The molecule has 2 amide bonds. The molecule has 5 heteroatoms. The third kappa shape index (κ3) is 3.01. The lowest BCUT2D eigenvalue weighted by Crippen LogP contribution is -2.47. The summed E-state index contributed by atoms with van der Waals surface area (Å²) in [6, 6.07) is 4.63. The minimum atomic E-state index is -0.0177. The average molecular weight is 370 g/mol. The number of likely N-dealkylation sites (tertiary alicyclic amines) is 1. The minimum Gasteiger partial charge on any atom is -0.493 e. The van der Waals surface area contributed by atoms with Crippen molar-refractivity contribution >= 4 is 11.8 Å². The van der Waals surface area contributed by atoms with Gasteiger partial charge in [-0.3, -0.25) is 9.59 Å². The topological polar surface area (TPSA) is 49.9 Å². The Hall–Kier alpha value is -2.04. The van der Waals surface area contributed by atoms with Crippen LogP contribution in [0.2, 0.25) is 0 Å². The lowest BCUT2D eigenvalue weighted by atomic mass is 9.85. The Balaban J connectivity index is 1.46. The highest BCUT2D eigenvalue weighted by atomic mass is 16.5. The largest absolute Gasteiger partial charge is 0.493 e. The van der Waals surface area contributed by atoms with E-state index >= 15 is 0 Å². The predicted octanol–water partition coefficient (Wildman–Crippen LogP) is 2.81. The first-order valence-corrected chi connectivity index (χ1v) is 10.1. The van der Waals surface area contributed by atoms with Gasteiger partial charge >= 0.3 is 0 Å². The van der Waals surface area contributed by atoms with Gasteiger partial charge in [0.1, 0.15) is 5.75 Å². The number of ether oxygens (including phenoxy) is 1. The number of hydrogen-bond donors (Lipinski definition) is 0. The summed E-state index contributed by atoms with van der Waals surface area (Å²) in [5.74, 6) is 1.46. The summed E-state index contributed by atoms with van der Waals surface area (Å²) in [7, 11) is 1.86. The van der Waals surface area contributed by atoms with Crippen molar-refractivity contribution in [1.29, 1.82) is 0 Å². The SMILES string of the molecule is CC(=O)N(C)C1CCN(C(=O)[C@@H]2C[C@]23CCOc2cc(C)c(C)cc23)CC1. The Morgan fingerprint density at radius 1 is 1.19 bits per heavy atom. The van der Waals surface area contributed by atoms with Gasteiger partial charge in [0.05, 0.1) is 6.61 Å². The van der Waals surface area contributed by atoms with Gasteiger partial charge in [-0.2, -0.15) is 0 Å². The number of hydrogen-bond acceptors (Lipinski definition) is 3. The van der Waals surface area contributed by atoms with Gasteiger partial charge in [0.2, 0.25) is 11.8 Å². The molecule has 2 aliphatic heterocycles. The third-order valence-corrected chi connectivity index (χ3v) is 7.13. The Morgan fingerprint density at radius 3 is 2.52 bits per heavy atom. The van der Waals surface area contributed by atoms with Crippen molar-refractivity contribution in [2.75, 3.05) is 26.7 Å². The van der Waals surface area contributed by atoms with E-state index in [0.717, 1.165) is 44.5 Å². The molecule has 27 heavy (non-hydrogen) atoms. The zero-order valence-electron chi connectivity index (χ0n) is 16.9. The van der Waals surface area contributed by atoms with Gasteiger partial charge in [0.25, 0.3) is 0 Å². The van der Waals surface area contributed by atoms with Crippen LogP contribution in [0.4, 0.5) is 0 Å². The predicted molar refractivity (Wildman–Crippen MR) is 104 cm³/mol. The normalized spacial score (nSPS) is 27.1. The van der Waals surface area contributed by atoms with Crippen molar-refractivity contribution in [3.63, 3.8) is 0 Å². The molecule has 1 aromatic carbocycles. The van der Waals surface area contributed by atoms with E-state index in [0.29, 0.717) is 12.5 Å². The smallest absolute Gasteiger partial charge is 0.226 e. The van der Waals surface area contributed by atoms with Gasteiger partial charge in [0.15, 0.2) is 0 Å². The maximum absolute atomic E-state index is 13.2. The molecule has 1 saturated carbocycles. The Bertz CT molecular complexity index is 782. The van der Waals surface area contributed by atoms with Gasteiger partial charge in [-0.25, -0.2) is 0 Å². The molecule has 2 fully saturated rings. The molecule has 2 atom stereocenters. The van der Waals surface area contributed by atoms with Crippen LogP contribution in [0.25, 0.3) is 0 Å². The molecular formula is C22H30N2O3. The van der Waals surface area contributed by atoms with Crippen molar-refractivity contribution < 1.29 is 14.3 Å². The molecule has 0 bridgehead atoms. The number of fused-ring (bicyclic) bond motifs is 2. The molecule has 0 radical (unpaired) electrons. The summed E-state index contributed by atoms with van der Waals surface area (Å²) < 4.78 is 5.91. The summed E-state index contributed by atoms with van der Waals surface area (Å²) in [5.41, 5.74) is 3.73. The highest BCUT2D eigenvalue weighted by Crippen LogP contribution is 2.61.